The van der Waals surface area contributed by atoms with Gasteiger partial charge in [-0.05, 0) is 62.1 Å². The monoisotopic (exact) mass is 382 g/mol. The molecular formula is C27H30N2. The summed E-state index contributed by atoms with van der Waals surface area (Å²) in [6, 6.07) is 8.56. The van der Waals surface area contributed by atoms with Crippen LogP contribution in [0.25, 0.3) is 34.9 Å². The molecule has 3 unspecified atom stereocenters. The number of allylic oxidation sites excluding steroid dienone is 3. The number of benzene rings is 1. The van der Waals surface area contributed by atoms with Gasteiger partial charge in [0, 0.05) is 16.7 Å². The smallest absolute Gasteiger partial charge is 0.142 e. The van der Waals surface area contributed by atoms with Gasteiger partial charge >= 0.3 is 0 Å². The summed E-state index contributed by atoms with van der Waals surface area (Å²) in [7, 11) is 0. The van der Waals surface area contributed by atoms with Crippen LogP contribution >= 0.6 is 0 Å². The first kappa shape index (κ1) is 18.4. The molecule has 0 saturated heterocycles. The van der Waals surface area contributed by atoms with E-state index in [0.29, 0.717) is 5.92 Å². The van der Waals surface area contributed by atoms with Gasteiger partial charge in [0.2, 0.25) is 0 Å². The molecule has 0 spiro atoms. The molecule has 2 heteroatoms. The van der Waals surface area contributed by atoms with Gasteiger partial charge < -0.3 is 0 Å². The molecule has 0 bridgehead atoms. The summed E-state index contributed by atoms with van der Waals surface area (Å²) in [5.41, 5.74) is 6.54. The zero-order valence-electron chi connectivity index (χ0n) is 17.9. The number of pyridine rings is 1. The molecule has 1 saturated carbocycles. The Morgan fingerprint density at radius 1 is 1.21 bits per heavy atom. The standard InChI is InChI=1S/C27H30N2/c1-5-8-16-27(17-18(27)4)21-13-11-12-20-19(6-2)23(7-3)29-24-15-10-9-14-22(24)28-26(29)25(20)21/h6-12,14-16,18,21H,5,13,17H2,1-4H3/b16-8?,19-6-,23-7+. The van der Waals surface area contributed by atoms with E-state index in [1.54, 1.807) is 0 Å². The number of rotatable bonds is 3. The van der Waals surface area contributed by atoms with E-state index in [2.05, 4.69) is 92.8 Å². The third-order valence-corrected chi connectivity index (χ3v) is 7.20. The summed E-state index contributed by atoms with van der Waals surface area (Å²) in [4.78, 5) is 5.18. The van der Waals surface area contributed by atoms with Gasteiger partial charge in [0.25, 0.3) is 0 Å². The Hall–Kier alpha value is -2.61. The molecule has 2 aliphatic rings. The quantitative estimate of drug-likeness (QED) is 0.541. The summed E-state index contributed by atoms with van der Waals surface area (Å²) >= 11 is 0. The van der Waals surface area contributed by atoms with Crippen molar-refractivity contribution >= 4 is 34.9 Å². The van der Waals surface area contributed by atoms with Crippen LogP contribution in [-0.4, -0.2) is 9.38 Å². The van der Waals surface area contributed by atoms with Crippen LogP contribution in [0.4, 0.5) is 0 Å². The predicted octanol–water partition coefficient (Wildman–Crippen LogP) is 5.58. The van der Waals surface area contributed by atoms with Crippen molar-refractivity contribution in [3.63, 3.8) is 0 Å². The third kappa shape index (κ3) is 2.51. The highest BCUT2D eigenvalue weighted by Gasteiger charge is 2.55. The maximum Gasteiger partial charge on any atom is 0.142 e. The molecule has 2 aromatic heterocycles. The predicted molar refractivity (Wildman–Crippen MR) is 124 cm³/mol. The first-order valence-corrected chi connectivity index (χ1v) is 11.1. The Balaban J connectivity index is 1.93. The van der Waals surface area contributed by atoms with E-state index < -0.39 is 0 Å². The fourth-order valence-electron chi connectivity index (χ4n) is 5.66. The van der Waals surface area contributed by atoms with Crippen molar-refractivity contribution in [2.75, 3.05) is 0 Å². The largest absolute Gasteiger partial charge is 0.292 e. The van der Waals surface area contributed by atoms with Gasteiger partial charge in [-0.15, -0.1) is 0 Å². The highest BCUT2D eigenvalue weighted by atomic mass is 15.0. The van der Waals surface area contributed by atoms with E-state index in [1.807, 2.05) is 0 Å². The van der Waals surface area contributed by atoms with E-state index in [9.17, 15) is 0 Å². The Labute approximate surface area is 173 Å². The van der Waals surface area contributed by atoms with Crippen molar-refractivity contribution in [1.82, 2.24) is 9.38 Å². The van der Waals surface area contributed by atoms with Gasteiger partial charge in [-0.1, -0.05) is 62.4 Å². The molecule has 148 valence electrons. The minimum Gasteiger partial charge on any atom is -0.292 e. The van der Waals surface area contributed by atoms with Crippen LogP contribution in [0.15, 0.2) is 42.5 Å². The van der Waals surface area contributed by atoms with Crippen LogP contribution in [0.3, 0.4) is 0 Å². The lowest BCUT2D eigenvalue weighted by molar-refractivity contribution is 0.456. The van der Waals surface area contributed by atoms with Gasteiger partial charge in [-0.3, -0.25) is 4.40 Å². The molecule has 1 aromatic carbocycles. The van der Waals surface area contributed by atoms with E-state index in [1.165, 1.54) is 33.6 Å². The average molecular weight is 383 g/mol. The molecule has 0 radical (unpaired) electrons. The Morgan fingerprint density at radius 3 is 2.69 bits per heavy atom. The van der Waals surface area contributed by atoms with Crippen LogP contribution in [0.1, 0.15) is 64.0 Å². The number of aromatic nitrogens is 2. The molecule has 2 nitrogen and oxygen atoms in total. The maximum atomic E-state index is 5.18. The molecule has 0 aliphatic heterocycles. The third-order valence-electron chi connectivity index (χ3n) is 7.20. The van der Waals surface area contributed by atoms with E-state index in [-0.39, 0.29) is 5.41 Å². The van der Waals surface area contributed by atoms with Crippen molar-refractivity contribution in [3.8, 4) is 0 Å². The first-order chi connectivity index (χ1) is 14.2. The Kier molecular flexibility index (Phi) is 4.27. The lowest BCUT2D eigenvalue weighted by Gasteiger charge is -2.30. The lowest BCUT2D eigenvalue weighted by atomic mass is 9.74. The molecule has 29 heavy (non-hydrogen) atoms. The van der Waals surface area contributed by atoms with Crippen LogP contribution < -0.4 is 10.6 Å². The van der Waals surface area contributed by atoms with E-state index in [4.69, 9.17) is 4.98 Å². The minimum atomic E-state index is 0.274. The van der Waals surface area contributed by atoms with Gasteiger partial charge in [-0.2, -0.15) is 0 Å². The number of nitrogens with zero attached hydrogens (tertiary/aromatic N) is 2. The summed E-state index contributed by atoms with van der Waals surface area (Å²) < 4.78 is 2.40. The number of fused-ring (bicyclic) bond motifs is 5. The van der Waals surface area contributed by atoms with Gasteiger partial charge in [0.15, 0.2) is 0 Å². The molecular weight excluding hydrogens is 352 g/mol. The fourth-order valence-corrected chi connectivity index (χ4v) is 5.66. The summed E-state index contributed by atoms with van der Waals surface area (Å²) in [5.74, 6) is 1.22. The van der Waals surface area contributed by atoms with Crippen molar-refractivity contribution in [1.29, 1.82) is 0 Å². The number of hydrogen-bond donors (Lipinski definition) is 0. The second kappa shape index (κ2) is 6.73. The molecule has 0 N–H and O–H groups in total. The zero-order chi connectivity index (χ0) is 20.2. The van der Waals surface area contributed by atoms with Crippen molar-refractivity contribution in [2.45, 2.75) is 52.9 Å². The lowest BCUT2D eigenvalue weighted by Crippen LogP contribution is -2.37. The normalized spacial score (nSPS) is 27.4. The topological polar surface area (TPSA) is 17.3 Å². The first-order valence-electron chi connectivity index (χ1n) is 11.1. The number of imidazole rings is 1. The second-order valence-electron chi connectivity index (χ2n) is 8.68. The molecule has 1 fully saturated rings. The summed E-state index contributed by atoms with van der Waals surface area (Å²) in [6.45, 7) is 8.95. The minimum absolute atomic E-state index is 0.274. The van der Waals surface area contributed by atoms with Crippen LogP contribution in [0, 0.1) is 11.3 Å². The van der Waals surface area contributed by atoms with Crippen molar-refractivity contribution in [2.24, 2.45) is 11.3 Å². The van der Waals surface area contributed by atoms with Crippen LogP contribution in [0.5, 0.6) is 0 Å². The highest BCUT2D eigenvalue weighted by Crippen LogP contribution is 2.64. The molecule has 2 aliphatic carbocycles. The summed E-state index contributed by atoms with van der Waals surface area (Å²) in [5, 5.41) is 2.59. The van der Waals surface area contributed by atoms with Gasteiger partial charge in [0.05, 0.1) is 16.4 Å². The zero-order valence-corrected chi connectivity index (χ0v) is 17.9. The molecule has 5 rings (SSSR count). The Morgan fingerprint density at radius 2 is 2.00 bits per heavy atom. The highest BCUT2D eigenvalue weighted by molar-refractivity contribution is 5.84. The van der Waals surface area contributed by atoms with E-state index in [0.717, 1.165) is 29.9 Å². The molecule has 2 heterocycles. The summed E-state index contributed by atoms with van der Waals surface area (Å²) in [6.07, 6.45) is 17.6. The van der Waals surface area contributed by atoms with E-state index >= 15 is 0 Å². The van der Waals surface area contributed by atoms with Gasteiger partial charge in [0.1, 0.15) is 5.65 Å². The fraction of sp³-hybridized carbons (Fsp3) is 0.370. The molecule has 3 aromatic rings. The van der Waals surface area contributed by atoms with Crippen LogP contribution in [0.2, 0.25) is 0 Å². The van der Waals surface area contributed by atoms with Crippen LogP contribution in [-0.2, 0) is 0 Å². The SMILES string of the molecule is C/C=c1/c2c(c3nc4ccccc4n3/c1=C/C)C(C1(C=CCC)CC1C)CC=C2. The second-order valence-corrected chi connectivity index (χ2v) is 8.68. The number of hydrogen-bond acceptors (Lipinski definition) is 1. The van der Waals surface area contributed by atoms with Crippen molar-refractivity contribution in [3.05, 3.63) is 64.2 Å². The Bertz CT molecular complexity index is 1290. The molecule has 0 amide bonds. The van der Waals surface area contributed by atoms with Gasteiger partial charge in [-0.25, -0.2) is 4.98 Å². The van der Waals surface area contributed by atoms with Crippen molar-refractivity contribution < 1.29 is 0 Å². The molecule has 3 atom stereocenters. The maximum absolute atomic E-state index is 5.18. The average Bonchev–Trinajstić information content (AvgIpc) is 3.25. The number of para-hydroxylation sites is 2.